The summed E-state index contributed by atoms with van der Waals surface area (Å²) in [6, 6.07) is 7.86. The number of nitrogens with zero attached hydrogens (tertiary/aromatic N) is 3. The Balaban J connectivity index is 1.82. The van der Waals surface area contributed by atoms with Crippen molar-refractivity contribution in [1.29, 1.82) is 0 Å². The molecule has 5 nitrogen and oxygen atoms in total. The Kier molecular flexibility index (Phi) is 4.20. The molecule has 0 spiro atoms. The van der Waals surface area contributed by atoms with Gasteiger partial charge >= 0.3 is 0 Å². The zero-order chi connectivity index (χ0) is 15.5. The molecule has 2 aromatic rings. The summed E-state index contributed by atoms with van der Waals surface area (Å²) in [6.07, 6.45) is 4.70. The van der Waals surface area contributed by atoms with E-state index in [4.69, 9.17) is 5.73 Å². The second kappa shape index (κ2) is 6.27. The number of nitrogens with two attached hydrogens (primary N) is 1. The highest BCUT2D eigenvalue weighted by molar-refractivity contribution is 5.92. The molecule has 22 heavy (non-hydrogen) atoms. The molecule has 1 aromatic carbocycles. The zero-order valence-electron chi connectivity index (χ0n) is 12.3. The SMILES string of the molecule is NC[C@H]1CCCCN1C(=O)c1ccn(-c2cccc(F)c2)n1. The number of halogens is 1. The summed E-state index contributed by atoms with van der Waals surface area (Å²) in [4.78, 5) is 14.4. The normalized spacial score (nSPS) is 18.5. The maximum absolute atomic E-state index is 13.3. The van der Waals surface area contributed by atoms with E-state index in [-0.39, 0.29) is 17.8 Å². The van der Waals surface area contributed by atoms with E-state index in [2.05, 4.69) is 5.10 Å². The number of benzene rings is 1. The highest BCUT2D eigenvalue weighted by atomic mass is 19.1. The molecule has 0 bridgehead atoms. The van der Waals surface area contributed by atoms with Crippen molar-refractivity contribution in [3.8, 4) is 5.69 Å². The monoisotopic (exact) mass is 302 g/mol. The smallest absolute Gasteiger partial charge is 0.274 e. The lowest BCUT2D eigenvalue weighted by atomic mass is 10.0. The van der Waals surface area contributed by atoms with E-state index >= 15 is 0 Å². The fraction of sp³-hybridized carbons (Fsp3) is 0.375. The molecule has 0 saturated carbocycles. The summed E-state index contributed by atoms with van der Waals surface area (Å²) >= 11 is 0. The Labute approximate surface area is 128 Å². The number of amides is 1. The molecule has 1 atom stereocenters. The van der Waals surface area contributed by atoms with Gasteiger partial charge in [-0.15, -0.1) is 0 Å². The third-order valence-electron chi connectivity index (χ3n) is 4.04. The Hall–Kier alpha value is -2.21. The van der Waals surface area contributed by atoms with Crippen molar-refractivity contribution in [3.63, 3.8) is 0 Å². The minimum Gasteiger partial charge on any atom is -0.333 e. The van der Waals surface area contributed by atoms with E-state index in [1.165, 1.54) is 16.8 Å². The predicted octanol–water partition coefficient (Wildman–Crippen LogP) is 1.96. The third-order valence-corrected chi connectivity index (χ3v) is 4.04. The quantitative estimate of drug-likeness (QED) is 0.942. The van der Waals surface area contributed by atoms with Gasteiger partial charge < -0.3 is 10.6 Å². The zero-order valence-corrected chi connectivity index (χ0v) is 12.3. The summed E-state index contributed by atoms with van der Waals surface area (Å²) in [5, 5.41) is 4.28. The number of hydrogen-bond donors (Lipinski definition) is 1. The molecule has 2 heterocycles. The van der Waals surface area contributed by atoms with Gasteiger partial charge in [0.15, 0.2) is 5.69 Å². The fourth-order valence-electron chi connectivity index (χ4n) is 2.86. The summed E-state index contributed by atoms with van der Waals surface area (Å²) < 4.78 is 14.8. The van der Waals surface area contributed by atoms with Crippen LogP contribution in [0.2, 0.25) is 0 Å². The summed E-state index contributed by atoms with van der Waals surface area (Å²) in [7, 11) is 0. The van der Waals surface area contributed by atoms with Gasteiger partial charge in [-0.3, -0.25) is 4.79 Å². The Morgan fingerprint density at radius 1 is 1.36 bits per heavy atom. The lowest BCUT2D eigenvalue weighted by molar-refractivity contribution is 0.0617. The second-order valence-electron chi connectivity index (χ2n) is 5.51. The van der Waals surface area contributed by atoms with Crippen molar-refractivity contribution in [3.05, 3.63) is 48.0 Å². The number of hydrogen-bond acceptors (Lipinski definition) is 3. The molecule has 0 aliphatic carbocycles. The number of carbonyl (C=O) groups excluding carboxylic acids is 1. The average Bonchev–Trinajstić information content (AvgIpc) is 3.04. The number of carbonyl (C=O) groups is 1. The van der Waals surface area contributed by atoms with Crippen LogP contribution < -0.4 is 5.73 Å². The van der Waals surface area contributed by atoms with Gasteiger partial charge in [0.25, 0.3) is 5.91 Å². The van der Waals surface area contributed by atoms with Gasteiger partial charge in [-0.2, -0.15) is 5.10 Å². The molecule has 6 heteroatoms. The second-order valence-corrected chi connectivity index (χ2v) is 5.51. The van der Waals surface area contributed by atoms with Crippen molar-refractivity contribution in [2.75, 3.05) is 13.1 Å². The van der Waals surface area contributed by atoms with Gasteiger partial charge in [-0.25, -0.2) is 9.07 Å². The van der Waals surface area contributed by atoms with E-state index in [1.807, 2.05) is 4.90 Å². The summed E-state index contributed by atoms with van der Waals surface area (Å²) in [5.74, 6) is -0.439. The number of piperidine rings is 1. The van der Waals surface area contributed by atoms with Crippen LogP contribution >= 0.6 is 0 Å². The first kappa shape index (κ1) is 14.7. The molecule has 3 rings (SSSR count). The molecule has 1 aliphatic heterocycles. The van der Waals surface area contributed by atoms with Crippen molar-refractivity contribution >= 4 is 5.91 Å². The van der Waals surface area contributed by atoms with Crippen molar-refractivity contribution in [1.82, 2.24) is 14.7 Å². The van der Waals surface area contributed by atoms with Gasteiger partial charge in [-0.1, -0.05) is 6.07 Å². The number of likely N-dealkylation sites (tertiary alicyclic amines) is 1. The van der Waals surface area contributed by atoms with Crippen molar-refractivity contribution < 1.29 is 9.18 Å². The molecule has 0 unspecified atom stereocenters. The van der Waals surface area contributed by atoms with Gasteiger partial charge in [-0.05, 0) is 43.5 Å². The number of rotatable bonds is 3. The maximum atomic E-state index is 13.3. The van der Waals surface area contributed by atoms with Crippen LogP contribution in [0.15, 0.2) is 36.5 Å². The van der Waals surface area contributed by atoms with Crippen LogP contribution in [0.4, 0.5) is 4.39 Å². The largest absolute Gasteiger partial charge is 0.333 e. The van der Waals surface area contributed by atoms with Crippen LogP contribution in [0.3, 0.4) is 0 Å². The molecule has 1 fully saturated rings. The first-order valence-electron chi connectivity index (χ1n) is 7.51. The molecular weight excluding hydrogens is 283 g/mol. The minimum absolute atomic E-state index is 0.0839. The number of aromatic nitrogens is 2. The van der Waals surface area contributed by atoms with Gasteiger partial charge in [0, 0.05) is 25.3 Å². The van der Waals surface area contributed by atoms with Crippen LogP contribution in [0.25, 0.3) is 5.69 Å². The summed E-state index contributed by atoms with van der Waals surface area (Å²) in [5.41, 5.74) is 6.72. The molecule has 1 saturated heterocycles. The molecule has 116 valence electrons. The molecular formula is C16H19FN4O. The van der Waals surface area contributed by atoms with E-state index in [9.17, 15) is 9.18 Å². The third kappa shape index (κ3) is 2.87. The van der Waals surface area contributed by atoms with Crippen molar-refractivity contribution in [2.45, 2.75) is 25.3 Å². The van der Waals surface area contributed by atoms with Gasteiger partial charge in [0.05, 0.1) is 5.69 Å². The summed E-state index contributed by atoms with van der Waals surface area (Å²) in [6.45, 7) is 1.18. The Bertz CT molecular complexity index is 670. The first-order chi connectivity index (χ1) is 10.7. The van der Waals surface area contributed by atoms with Crippen LogP contribution in [0.5, 0.6) is 0 Å². The highest BCUT2D eigenvalue weighted by Crippen LogP contribution is 2.19. The lowest BCUT2D eigenvalue weighted by Gasteiger charge is -2.34. The van der Waals surface area contributed by atoms with E-state index in [0.717, 1.165) is 19.3 Å². The minimum atomic E-state index is -0.333. The van der Waals surface area contributed by atoms with E-state index in [1.54, 1.807) is 24.4 Å². The standard InChI is InChI=1S/C16H19FN4O/c17-12-4-3-6-13(10-12)21-9-7-15(19-21)16(22)20-8-2-1-5-14(20)11-18/h3-4,6-7,9-10,14H,1-2,5,8,11,18H2/t14-/m1/s1. The Morgan fingerprint density at radius 3 is 3.00 bits per heavy atom. The fourth-order valence-corrected chi connectivity index (χ4v) is 2.86. The molecule has 2 N–H and O–H groups in total. The maximum Gasteiger partial charge on any atom is 0.274 e. The average molecular weight is 302 g/mol. The van der Waals surface area contributed by atoms with Crippen LogP contribution in [0, 0.1) is 5.82 Å². The first-order valence-corrected chi connectivity index (χ1v) is 7.51. The van der Waals surface area contributed by atoms with E-state index in [0.29, 0.717) is 24.5 Å². The van der Waals surface area contributed by atoms with Crippen LogP contribution in [0.1, 0.15) is 29.8 Å². The van der Waals surface area contributed by atoms with Crippen LogP contribution in [-0.4, -0.2) is 39.7 Å². The lowest BCUT2D eigenvalue weighted by Crippen LogP contribution is -2.47. The van der Waals surface area contributed by atoms with Gasteiger partial charge in [0.2, 0.25) is 0 Å². The van der Waals surface area contributed by atoms with Gasteiger partial charge in [0.1, 0.15) is 5.82 Å². The topological polar surface area (TPSA) is 64.2 Å². The van der Waals surface area contributed by atoms with E-state index < -0.39 is 0 Å². The molecule has 1 aliphatic rings. The molecule has 1 aromatic heterocycles. The van der Waals surface area contributed by atoms with Crippen molar-refractivity contribution in [2.24, 2.45) is 5.73 Å². The Morgan fingerprint density at radius 2 is 2.23 bits per heavy atom. The molecule has 0 radical (unpaired) electrons. The predicted molar refractivity (Wildman–Crippen MR) is 81.3 cm³/mol. The highest BCUT2D eigenvalue weighted by Gasteiger charge is 2.27. The molecule has 1 amide bonds. The van der Waals surface area contributed by atoms with Crippen LogP contribution in [-0.2, 0) is 0 Å².